The van der Waals surface area contributed by atoms with Gasteiger partial charge in [-0.3, -0.25) is 9.69 Å². The largest absolute Gasteiger partial charge is 0.480 e. The van der Waals surface area contributed by atoms with Crippen molar-refractivity contribution >= 4 is 23.1 Å². The van der Waals surface area contributed by atoms with Crippen LogP contribution in [0, 0.1) is 0 Å². The smallest absolute Gasteiger partial charge is 0.411 e. The van der Waals surface area contributed by atoms with E-state index in [-0.39, 0.29) is 11.9 Å². The van der Waals surface area contributed by atoms with Crippen LogP contribution in [0.25, 0.3) is 11.0 Å². The SMILES string of the molecule is CC(C)(C)OC(=O)N1[C@H](C(=O)O)[C@@H](O)C[C@H]1c1c[nH]c2c(=O)[nH]cnc12. The molecule has 10 heteroatoms. The van der Waals surface area contributed by atoms with Gasteiger partial charge in [-0.2, -0.15) is 0 Å². The molecular formula is C16H20N4O6. The normalized spacial score (nSPS) is 23.4. The predicted octanol–water partition coefficient (Wildman–Crippen LogP) is 0.747. The summed E-state index contributed by atoms with van der Waals surface area (Å²) in [4.78, 5) is 46.5. The predicted molar refractivity (Wildman–Crippen MR) is 89.6 cm³/mol. The van der Waals surface area contributed by atoms with Crippen LogP contribution in [0.15, 0.2) is 17.3 Å². The third-order valence-electron chi connectivity index (χ3n) is 4.18. The maximum atomic E-state index is 12.7. The number of amides is 1. The fourth-order valence-corrected chi connectivity index (χ4v) is 3.19. The van der Waals surface area contributed by atoms with E-state index < -0.39 is 41.4 Å². The van der Waals surface area contributed by atoms with Gasteiger partial charge in [-0.25, -0.2) is 14.6 Å². The van der Waals surface area contributed by atoms with E-state index in [1.54, 1.807) is 20.8 Å². The van der Waals surface area contributed by atoms with Crippen molar-refractivity contribution in [2.24, 2.45) is 0 Å². The Morgan fingerprint density at radius 1 is 1.35 bits per heavy atom. The average molecular weight is 364 g/mol. The minimum absolute atomic E-state index is 0.0162. The molecule has 1 amide bonds. The highest BCUT2D eigenvalue weighted by Gasteiger charge is 2.50. The molecule has 3 atom stereocenters. The van der Waals surface area contributed by atoms with E-state index in [1.807, 2.05) is 0 Å². The third kappa shape index (κ3) is 3.03. The highest BCUT2D eigenvalue weighted by molar-refractivity contribution is 5.84. The van der Waals surface area contributed by atoms with Crippen LogP contribution >= 0.6 is 0 Å². The lowest BCUT2D eigenvalue weighted by Gasteiger charge is -2.31. The van der Waals surface area contributed by atoms with Crippen molar-refractivity contribution in [1.29, 1.82) is 0 Å². The van der Waals surface area contributed by atoms with Crippen LogP contribution in [0.4, 0.5) is 4.79 Å². The number of aliphatic hydroxyl groups is 1. The molecule has 1 aliphatic rings. The first-order valence-electron chi connectivity index (χ1n) is 8.07. The van der Waals surface area contributed by atoms with Crippen LogP contribution in [-0.2, 0) is 9.53 Å². The van der Waals surface area contributed by atoms with E-state index in [2.05, 4.69) is 15.0 Å². The number of hydrogen-bond acceptors (Lipinski definition) is 6. The molecule has 0 unspecified atom stereocenters. The number of carbonyl (C=O) groups excluding carboxylic acids is 1. The van der Waals surface area contributed by atoms with Crippen molar-refractivity contribution in [3.63, 3.8) is 0 Å². The molecule has 140 valence electrons. The number of H-pyrrole nitrogens is 2. The second kappa shape index (κ2) is 6.13. The Hall–Kier alpha value is -2.88. The zero-order valence-electron chi connectivity index (χ0n) is 14.5. The Bertz CT molecular complexity index is 911. The number of likely N-dealkylation sites (tertiary alicyclic amines) is 1. The van der Waals surface area contributed by atoms with Crippen LogP contribution < -0.4 is 5.56 Å². The van der Waals surface area contributed by atoms with Crippen LogP contribution in [0.2, 0.25) is 0 Å². The summed E-state index contributed by atoms with van der Waals surface area (Å²) in [6, 6.07) is -2.26. The van der Waals surface area contributed by atoms with Gasteiger partial charge in [-0.05, 0) is 20.8 Å². The summed E-state index contributed by atoms with van der Waals surface area (Å²) in [5.74, 6) is -1.34. The van der Waals surface area contributed by atoms with Crippen LogP contribution in [0.1, 0.15) is 38.8 Å². The van der Waals surface area contributed by atoms with E-state index in [4.69, 9.17) is 4.74 Å². The standard InChI is InChI=1S/C16H20N4O6/c1-16(2,3)26-15(25)20-8(4-9(21)12(20)14(23)24)7-5-17-11-10(7)18-6-19-13(11)22/h5-6,8-9,12,17,21H,4H2,1-3H3,(H,23,24)(H,18,19,22)/t8-,9-,12-/m0/s1. The summed E-state index contributed by atoms with van der Waals surface area (Å²) in [5.41, 5.74) is -0.267. The van der Waals surface area contributed by atoms with Crippen molar-refractivity contribution < 1.29 is 24.5 Å². The summed E-state index contributed by atoms with van der Waals surface area (Å²) in [5, 5.41) is 19.7. The van der Waals surface area contributed by atoms with Gasteiger partial charge >= 0.3 is 12.1 Å². The zero-order valence-corrected chi connectivity index (χ0v) is 14.5. The Kier molecular flexibility index (Phi) is 4.23. The lowest BCUT2D eigenvalue weighted by Crippen LogP contribution is -2.47. The highest BCUT2D eigenvalue weighted by Crippen LogP contribution is 2.39. The number of hydrogen-bond donors (Lipinski definition) is 4. The number of aliphatic hydroxyl groups excluding tert-OH is 1. The van der Waals surface area contributed by atoms with Crippen LogP contribution in [-0.4, -0.2) is 59.9 Å². The third-order valence-corrected chi connectivity index (χ3v) is 4.18. The number of carboxylic acid groups (broad SMARTS) is 1. The number of nitrogens with zero attached hydrogens (tertiary/aromatic N) is 2. The zero-order chi connectivity index (χ0) is 19.2. The van der Waals surface area contributed by atoms with Crippen LogP contribution in [0.5, 0.6) is 0 Å². The van der Waals surface area contributed by atoms with Crippen molar-refractivity contribution in [3.05, 3.63) is 28.4 Å². The summed E-state index contributed by atoms with van der Waals surface area (Å²) in [6.07, 6.45) is 0.561. The molecular weight excluding hydrogens is 344 g/mol. The van der Waals surface area contributed by atoms with Crippen LogP contribution in [0.3, 0.4) is 0 Å². The Morgan fingerprint density at radius 2 is 2.04 bits per heavy atom. The molecule has 1 saturated heterocycles. The molecule has 3 rings (SSSR count). The maximum Gasteiger partial charge on any atom is 0.411 e. The van der Waals surface area contributed by atoms with E-state index in [0.29, 0.717) is 11.1 Å². The van der Waals surface area contributed by atoms with Gasteiger partial charge in [0.2, 0.25) is 0 Å². The summed E-state index contributed by atoms with van der Waals surface area (Å²) in [7, 11) is 0. The monoisotopic (exact) mass is 364 g/mol. The molecule has 4 N–H and O–H groups in total. The first kappa shape index (κ1) is 17.9. The number of nitrogens with one attached hydrogen (secondary N) is 2. The van der Waals surface area contributed by atoms with Crippen molar-refractivity contribution in [3.8, 4) is 0 Å². The molecule has 0 aromatic carbocycles. The maximum absolute atomic E-state index is 12.7. The van der Waals surface area contributed by atoms with Gasteiger partial charge in [-0.1, -0.05) is 0 Å². The molecule has 0 radical (unpaired) electrons. The Morgan fingerprint density at radius 3 is 2.65 bits per heavy atom. The Labute approximate surface area is 147 Å². The summed E-state index contributed by atoms with van der Waals surface area (Å²) in [6.45, 7) is 4.99. The second-order valence-electron chi connectivity index (χ2n) is 7.19. The minimum atomic E-state index is -1.46. The minimum Gasteiger partial charge on any atom is -0.480 e. The van der Waals surface area contributed by atoms with Gasteiger partial charge < -0.3 is 24.9 Å². The first-order valence-corrected chi connectivity index (χ1v) is 8.07. The number of rotatable bonds is 2. The fraction of sp³-hybridized carbons (Fsp3) is 0.500. The van der Waals surface area contributed by atoms with Gasteiger partial charge in [0, 0.05) is 18.2 Å². The molecule has 0 bridgehead atoms. The van der Waals surface area contributed by atoms with Crippen molar-refractivity contribution in [2.45, 2.75) is 51.0 Å². The van der Waals surface area contributed by atoms with Crippen molar-refractivity contribution in [1.82, 2.24) is 19.9 Å². The van der Waals surface area contributed by atoms with Gasteiger partial charge in [0.25, 0.3) is 5.56 Å². The average Bonchev–Trinajstić information content (AvgIpc) is 3.07. The van der Waals surface area contributed by atoms with Gasteiger partial charge in [0.05, 0.1) is 18.5 Å². The molecule has 0 aliphatic carbocycles. The molecule has 2 aromatic rings. The van der Waals surface area contributed by atoms with Gasteiger partial charge in [0.15, 0.2) is 6.04 Å². The molecule has 2 aromatic heterocycles. The number of ether oxygens (including phenoxy) is 1. The summed E-state index contributed by atoms with van der Waals surface area (Å²) < 4.78 is 5.33. The van der Waals surface area contributed by atoms with E-state index in [9.17, 15) is 24.6 Å². The number of aromatic nitrogens is 3. The number of aromatic amines is 2. The topological polar surface area (TPSA) is 149 Å². The quantitative estimate of drug-likeness (QED) is 0.614. The number of fused-ring (bicyclic) bond motifs is 1. The molecule has 1 aliphatic heterocycles. The van der Waals surface area contributed by atoms with Gasteiger partial charge in [0.1, 0.15) is 16.6 Å². The number of carboxylic acids is 1. The lowest BCUT2D eigenvalue weighted by atomic mass is 10.1. The van der Waals surface area contributed by atoms with Crippen molar-refractivity contribution in [2.75, 3.05) is 0 Å². The Balaban J connectivity index is 2.08. The molecule has 3 heterocycles. The van der Waals surface area contributed by atoms with E-state index >= 15 is 0 Å². The highest BCUT2D eigenvalue weighted by atomic mass is 16.6. The molecule has 10 nitrogen and oxygen atoms in total. The fourth-order valence-electron chi connectivity index (χ4n) is 3.19. The first-order chi connectivity index (χ1) is 12.1. The number of carbonyl (C=O) groups is 2. The molecule has 0 spiro atoms. The molecule has 26 heavy (non-hydrogen) atoms. The lowest BCUT2D eigenvalue weighted by molar-refractivity contribution is -0.145. The van der Waals surface area contributed by atoms with E-state index in [1.165, 1.54) is 12.5 Å². The number of aliphatic carboxylic acids is 1. The summed E-state index contributed by atoms with van der Waals surface area (Å²) >= 11 is 0. The molecule has 0 saturated carbocycles. The van der Waals surface area contributed by atoms with E-state index in [0.717, 1.165) is 4.90 Å². The second-order valence-corrected chi connectivity index (χ2v) is 7.19. The van der Waals surface area contributed by atoms with Gasteiger partial charge in [-0.15, -0.1) is 0 Å². The molecule has 1 fully saturated rings.